The highest BCUT2D eigenvalue weighted by molar-refractivity contribution is 9.10. The number of halogens is 2. The average Bonchev–Trinajstić information content (AvgIpc) is 2.32. The lowest BCUT2D eigenvalue weighted by Gasteiger charge is -2.08. The second-order valence-electron chi connectivity index (χ2n) is 3.64. The fourth-order valence-electron chi connectivity index (χ4n) is 1.46. The Hall–Kier alpha value is -1.19. The molecule has 0 saturated heterocycles. The predicted octanol–water partition coefficient (Wildman–Crippen LogP) is 4.42. The van der Waals surface area contributed by atoms with Gasteiger partial charge in [-0.1, -0.05) is 27.5 Å². The van der Waals surface area contributed by atoms with Crippen molar-refractivity contribution in [3.8, 4) is 5.75 Å². The van der Waals surface area contributed by atoms with Gasteiger partial charge in [0.2, 0.25) is 0 Å². The molecule has 0 aliphatic carbocycles. The molecule has 0 aromatic heterocycles. The normalized spacial score (nSPS) is 10.2. The second kappa shape index (κ2) is 5.43. The van der Waals surface area contributed by atoms with Gasteiger partial charge in [0.15, 0.2) is 0 Å². The van der Waals surface area contributed by atoms with Crippen molar-refractivity contribution in [1.82, 2.24) is 0 Å². The Bertz CT molecular complexity index is 513. The maximum atomic E-state index is 9.17. The van der Waals surface area contributed by atoms with Crippen LogP contribution in [0.4, 0.5) is 5.69 Å². The SMILES string of the molecule is Oc1ccc(NCc2cc(Cl)ccc2Br)cc1. The lowest BCUT2D eigenvalue weighted by molar-refractivity contribution is 0.475. The van der Waals surface area contributed by atoms with Gasteiger partial charge in [0.1, 0.15) is 5.75 Å². The first-order valence-electron chi connectivity index (χ1n) is 5.12. The monoisotopic (exact) mass is 311 g/mol. The maximum absolute atomic E-state index is 9.17. The Morgan fingerprint density at radius 2 is 1.82 bits per heavy atom. The number of rotatable bonds is 3. The van der Waals surface area contributed by atoms with E-state index < -0.39 is 0 Å². The molecule has 4 heteroatoms. The summed E-state index contributed by atoms with van der Waals surface area (Å²) in [4.78, 5) is 0. The topological polar surface area (TPSA) is 32.3 Å². The third-order valence-corrected chi connectivity index (χ3v) is 3.37. The van der Waals surface area contributed by atoms with E-state index >= 15 is 0 Å². The van der Waals surface area contributed by atoms with Crippen molar-refractivity contribution in [3.05, 3.63) is 57.5 Å². The molecule has 2 rings (SSSR count). The number of hydrogen-bond donors (Lipinski definition) is 2. The Labute approximate surface area is 113 Å². The summed E-state index contributed by atoms with van der Waals surface area (Å²) in [6.45, 7) is 0.673. The third-order valence-electron chi connectivity index (χ3n) is 2.36. The molecule has 0 aliphatic rings. The molecule has 0 unspecified atom stereocenters. The van der Waals surface area contributed by atoms with E-state index in [0.29, 0.717) is 6.54 Å². The van der Waals surface area contributed by atoms with Crippen molar-refractivity contribution < 1.29 is 5.11 Å². The number of aromatic hydroxyl groups is 1. The van der Waals surface area contributed by atoms with Crippen LogP contribution in [0.2, 0.25) is 5.02 Å². The molecule has 0 atom stereocenters. The molecule has 0 amide bonds. The highest BCUT2D eigenvalue weighted by atomic mass is 79.9. The molecule has 2 aromatic rings. The Kier molecular flexibility index (Phi) is 3.92. The van der Waals surface area contributed by atoms with Crippen LogP contribution in [0.5, 0.6) is 5.75 Å². The molecule has 2 aromatic carbocycles. The van der Waals surface area contributed by atoms with Crippen LogP contribution in [0.3, 0.4) is 0 Å². The number of nitrogens with one attached hydrogen (secondary N) is 1. The summed E-state index contributed by atoms with van der Waals surface area (Å²) in [5, 5.41) is 13.1. The molecule has 2 N–H and O–H groups in total. The Morgan fingerprint density at radius 3 is 2.53 bits per heavy atom. The predicted molar refractivity (Wildman–Crippen MR) is 74.6 cm³/mol. The van der Waals surface area contributed by atoms with E-state index in [0.717, 1.165) is 20.7 Å². The fourth-order valence-corrected chi connectivity index (χ4v) is 2.04. The third kappa shape index (κ3) is 3.38. The van der Waals surface area contributed by atoms with Gasteiger partial charge in [-0.05, 0) is 48.0 Å². The van der Waals surface area contributed by atoms with Gasteiger partial charge in [0, 0.05) is 21.7 Å². The van der Waals surface area contributed by atoms with Crippen LogP contribution in [-0.4, -0.2) is 5.11 Å². The summed E-state index contributed by atoms with van der Waals surface area (Å²) < 4.78 is 1.02. The first-order valence-corrected chi connectivity index (χ1v) is 6.29. The first kappa shape index (κ1) is 12.3. The number of anilines is 1. The van der Waals surface area contributed by atoms with Crippen molar-refractivity contribution in [2.24, 2.45) is 0 Å². The van der Waals surface area contributed by atoms with E-state index in [1.54, 1.807) is 12.1 Å². The summed E-state index contributed by atoms with van der Waals surface area (Å²) in [6, 6.07) is 12.6. The molecule has 88 valence electrons. The van der Waals surface area contributed by atoms with Gasteiger partial charge < -0.3 is 10.4 Å². The number of hydrogen-bond acceptors (Lipinski definition) is 2. The lowest BCUT2D eigenvalue weighted by atomic mass is 10.2. The quantitative estimate of drug-likeness (QED) is 0.822. The van der Waals surface area contributed by atoms with Crippen LogP contribution < -0.4 is 5.32 Å². The van der Waals surface area contributed by atoms with Crippen molar-refractivity contribution in [2.45, 2.75) is 6.54 Å². The van der Waals surface area contributed by atoms with E-state index in [-0.39, 0.29) is 5.75 Å². The van der Waals surface area contributed by atoms with Crippen LogP contribution in [-0.2, 0) is 6.54 Å². The molecule has 2 nitrogen and oxygen atoms in total. The van der Waals surface area contributed by atoms with Crippen molar-refractivity contribution in [1.29, 1.82) is 0 Å². The molecule has 0 aliphatic heterocycles. The Morgan fingerprint density at radius 1 is 1.12 bits per heavy atom. The minimum Gasteiger partial charge on any atom is -0.508 e. The number of phenolic OH excluding ortho intramolecular Hbond substituents is 1. The van der Waals surface area contributed by atoms with Crippen LogP contribution >= 0.6 is 27.5 Å². The summed E-state index contributed by atoms with van der Waals surface area (Å²) in [7, 11) is 0. The molecule has 0 bridgehead atoms. The van der Waals surface area contributed by atoms with E-state index in [1.165, 1.54) is 0 Å². The van der Waals surface area contributed by atoms with Gasteiger partial charge in [-0.15, -0.1) is 0 Å². The van der Waals surface area contributed by atoms with Crippen LogP contribution in [0, 0.1) is 0 Å². The van der Waals surface area contributed by atoms with Gasteiger partial charge in [0.25, 0.3) is 0 Å². The largest absolute Gasteiger partial charge is 0.508 e. The first-order chi connectivity index (χ1) is 8.15. The average molecular weight is 313 g/mol. The molecule has 0 fully saturated rings. The highest BCUT2D eigenvalue weighted by Crippen LogP contribution is 2.22. The van der Waals surface area contributed by atoms with E-state index in [1.807, 2.05) is 30.3 Å². The lowest BCUT2D eigenvalue weighted by Crippen LogP contribution is -1.99. The molecular formula is C13H11BrClNO. The van der Waals surface area contributed by atoms with Crippen LogP contribution in [0.1, 0.15) is 5.56 Å². The smallest absolute Gasteiger partial charge is 0.115 e. The Balaban J connectivity index is 2.07. The molecule has 0 spiro atoms. The van der Waals surface area contributed by atoms with Crippen molar-refractivity contribution in [3.63, 3.8) is 0 Å². The van der Waals surface area contributed by atoms with Gasteiger partial charge in [-0.2, -0.15) is 0 Å². The van der Waals surface area contributed by atoms with Gasteiger partial charge in [-0.25, -0.2) is 0 Å². The zero-order valence-electron chi connectivity index (χ0n) is 8.95. The molecule has 0 radical (unpaired) electrons. The zero-order chi connectivity index (χ0) is 12.3. The maximum Gasteiger partial charge on any atom is 0.115 e. The highest BCUT2D eigenvalue weighted by Gasteiger charge is 2.01. The van der Waals surface area contributed by atoms with Crippen LogP contribution in [0.15, 0.2) is 46.9 Å². The zero-order valence-corrected chi connectivity index (χ0v) is 11.3. The molecule has 0 heterocycles. The summed E-state index contributed by atoms with van der Waals surface area (Å²) in [5.41, 5.74) is 2.04. The standard InChI is InChI=1S/C13H11BrClNO/c14-13-6-1-10(15)7-9(13)8-16-11-2-4-12(17)5-3-11/h1-7,16-17H,8H2. The molecule has 0 saturated carbocycles. The van der Waals surface area contributed by atoms with Crippen molar-refractivity contribution >= 4 is 33.2 Å². The number of phenols is 1. The van der Waals surface area contributed by atoms with Crippen molar-refractivity contribution in [2.75, 3.05) is 5.32 Å². The fraction of sp³-hybridized carbons (Fsp3) is 0.0769. The van der Waals surface area contributed by atoms with Gasteiger partial charge in [0.05, 0.1) is 0 Å². The summed E-state index contributed by atoms with van der Waals surface area (Å²) in [6.07, 6.45) is 0. The summed E-state index contributed by atoms with van der Waals surface area (Å²) in [5.74, 6) is 0.263. The summed E-state index contributed by atoms with van der Waals surface area (Å²) >= 11 is 9.41. The number of benzene rings is 2. The minimum absolute atomic E-state index is 0.263. The van der Waals surface area contributed by atoms with Gasteiger partial charge >= 0.3 is 0 Å². The molecule has 17 heavy (non-hydrogen) atoms. The minimum atomic E-state index is 0.263. The van der Waals surface area contributed by atoms with E-state index in [9.17, 15) is 0 Å². The van der Waals surface area contributed by atoms with E-state index in [2.05, 4.69) is 21.2 Å². The molecular weight excluding hydrogens is 302 g/mol. The van der Waals surface area contributed by atoms with Gasteiger partial charge in [-0.3, -0.25) is 0 Å². The second-order valence-corrected chi connectivity index (χ2v) is 4.93. The van der Waals surface area contributed by atoms with E-state index in [4.69, 9.17) is 16.7 Å². The van der Waals surface area contributed by atoms with Crippen LogP contribution in [0.25, 0.3) is 0 Å².